The Morgan fingerprint density at radius 2 is 2.09 bits per heavy atom. The Labute approximate surface area is 134 Å². The van der Waals surface area contributed by atoms with Crippen LogP contribution in [0, 0.1) is 0 Å². The van der Waals surface area contributed by atoms with Crippen LogP contribution in [-0.2, 0) is 11.8 Å². The van der Waals surface area contributed by atoms with Crippen molar-refractivity contribution in [2.75, 3.05) is 12.4 Å². The normalized spacial score (nSPS) is 10.5. The second kappa shape index (κ2) is 5.96. The van der Waals surface area contributed by atoms with Crippen molar-refractivity contribution in [1.82, 2.24) is 9.78 Å². The molecule has 0 spiro atoms. The van der Waals surface area contributed by atoms with E-state index in [1.807, 2.05) is 49.8 Å². The maximum absolute atomic E-state index is 11.8. The van der Waals surface area contributed by atoms with Crippen LogP contribution in [-0.4, -0.2) is 22.8 Å². The predicted octanol–water partition coefficient (Wildman–Crippen LogP) is 3.37. The molecular weight excluding hydrogens is 290 g/mol. The molecule has 1 heterocycles. The number of anilines is 1. The van der Waals surface area contributed by atoms with Gasteiger partial charge in [-0.1, -0.05) is 24.8 Å². The van der Waals surface area contributed by atoms with Crippen LogP contribution in [0.4, 0.5) is 5.69 Å². The molecule has 0 aliphatic heterocycles. The molecule has 1 aromatic heterocycles. The number of fused-ring (bicyclic) bond motifs is 1. The lowest BCUT2D eigenvalue weighted by Crippen LogP contribution is -2.09. The predicted molar refractivity (Wildman–Crippen MR) is 91.5 cm³/mol. The van der Waals surface area contributed by atoms with Crippen molar-refractivity contribution in [3.05, 3.63) is 55.4 Å². The highest BCUT2D eigenvalue weighted by Gasteiger charge is 2.12. The lowest BCUT2D eigenvalue weighted by Gasteiger charge is -2.13. The highest BCUT2D eigenvalue weighted by atomic mass is 16.5. The first-order valence-corrected chi connectivity index (χ1v) is 7.15. The number of carbonyl (C=O) groups excluding carboxylic acids is 1. The summed E-state index contributed by atoms with van der Waals surface area (Å²) in [5, 5.41) is 8.95. The summed E-state index contributed by atoms with van der Waals surface area (Å²) >= 11 is 0. The molecule has 0 aliphatic rings. The van der Waals surface area contributed by atoms with Crippen LogP contribution in [0.1, 0.15) is 0 Å². The molecule has 1 N–H and O–H groups in total. The molecule has 0 saturated carbocycles. The average molecular weight is 307 g/mol. The molecule has 0 saturated heterocycles. The van der Waals surface area contributed by atoms with Crippen LogP contribution in [0.3, 0.4) is 0 Å². The van der Waals surface area contributed by atoms with Gasteiger partial charge in [-0.2, -0.15) is 5.10 Å². The average Bonchev–Trinajstić information content (AvgIpc) is 3.01. The highest BCUT2D eigenvalue weighted by molar-refractivity contribution is 6.08. The van der Waals surface area contributed by atoms with Gasteiger partial charge in [-0.15, -0.1) is 0 Å². The molecule has 0 bridgehead atoms. The van der Waals surface area contributed by atoms with Crippen molar-refractivity contribution in [3.8, 4) is 16.9 Å². The maximum Gasteiger partial charge on any atom is 0.247 e. The quantitative estimate of drug-likeness (QED) is 0.752. The van der Waals surface area contributed by atoms with Gasteiger partial charge in [0.25, 0.3) is 0 Å². The fourth-order valence-electron chi connectivity index (χ4n) is 2.52. The second-order valence-corrected chi connectivity index (χ2v) is 5.17. The van der Waals surface area contributed by atoms with E-state index in [1.165, 1.54) is 6.08 Å². The second-order valence-electron chi connectivity index (χ2n) is 5.17. The van der Waals surface area contributed by atoms with Crippen LogP contribution in [0.2, 0.25) is 0 Å². The molecule has 0 radical (unpaired) electrons. The van der Waals surface area contributed by atoms with Crippen molar-refractivity contribution in [3.63, 3.8) is 0 Å². The van der Waals surface area contributed by atoms with Gasteiger partial charge in [-0.05, 0) is 29.2 Å². The van der Waals surface area contributed by atoms with E-state index >= 15 is 0 Å². The van der Waals surface area contributed by atoms with Gasteiger partial charge < -0.3 is 10.1 Å². The maximum atomic E-state index is 11.8. The third-order valence-corrected chi connectivity index (χ3v) is 3.68. The lowest BCUT2D eigenvalue weighted by molar-refractivity contribution is -0.111. The van der Waals surface area contributed by atoms with Crippen molar-refractivity contribution in [2.45, 2.75) is 0 Å². The van der Waals surface area contributed by atoms with Crippen molar-refractivity contribution in [1.29, 1.82) is 0 Å². The number of amides is 1. The van der Waals surface area contributed by atoms with Gasteiger partial charge >= 0.3 is 0 Å². The minimum Gasteiger partial charge on any atom is -0.495 e. The Kier molecular flexibility index (Phi) is 3.85. The Morgan fingerprint density at radius 3 is 2.74 bits per heavy atom. The first-order valence-electron chi connectivity index (χ1n) is 7.15. The number of carbonyl (C=O) groups is 1. The van der Waals surface area contributed by atoms with E-state index in [0.717, 1.165) is 21.9 Å². The molecule has 2 aromatic carbocycles. The van der Waals surface area contributed by atoms with Crippen LogP contribution >= 0.6 is 0 Å². The third kappa shape index (κ3) is 2.81. The number of benzene rings is 2. The minimum absolute atomic E-state index is 0.275. The molecule has 116 valence electrons. The molecular formula is C18H17N3O2. The zero-order valence-electron chi connectivity index (χ0n) is 13.0. The zero-order chi connectivity index (χ0) is 16.4. The fourth-order valence-corrected chi connectivity index (χ4v) is 2.52. The topological polar surface area (TPSA) is 56.1 Å². The molecule has 0 atom stereocenters. The minimum atomic E-state index is -0.275. The molecule has 0 fully saturated rings. The van der Waals surface area contributed by atoms with Crippen molar-refractivity contribution < 1.29 is 9.53 Å². The first-order chi connectivity index (χ1) is 11.1. The largest absolute Gasteiger partial charge is 0.495 e. The summed E-state index contributed by atoms with van der Waals surface area (Å²) in [5.74, 6) is 0.332. The molecule has 5 heteroatoms. The smallest absolute Gasteiger partial charge is 0.247 e. The van der Waals surface area contributed by atoms with Crippen molar-refractivity contribution in [2.24, 2.45) is 7.05 Å². The number of rotatable bonds is 4. The molecule has 0 unspecified atom stereocenters. The Balaban J connectivity index is 2.20. The van der Waals surface area contributed by atoms with Gasteiger partial charge in [0.2, 0.25) is 5.91 Å². The van der Waals surface area contributed by atoms with Crippen LogP contribution in [0.5, 0.6) is 5.75 Å². The van der Waals surface area contributed by atoms with Crippen LogP contribution < -0.4 is 10.1 Å². The number of aryl methyl sites for hydroxylation is 1. The van der Waals surface area contributed by atoms with Crippen LogP contribution in [0.15, 0.2) is 55.4 Å². The summed E-state index contributed by atoms with van der Waals surface area (Å²) in [6.07, 6.45) is 5.00. The Morgan fingerprint density at radius 1 is 1.30 bits per heavy atom. The van der Waals surface area contributed by atoms with Gasteiger partial charge in [0.05, 0.1) is 19.0 Å². The van der Waals surface area contributed by atoms with E-state index in [1.54, 1.807) is 11.8 Å². The molecule has 23 heavy (non-hydrogen) atoms. The monoisotopic (exact) mass is 307 g/mol. The van der Waals surface area contributed by atoms with Gasteiger partial charge in [-0.3, -0.25) is 9.48 Å². The summed E-state index contributed by atoms with van der Waals surface area (Å²) in [7, 11) is 3.46. The number of nitrogens with one attached hydrogen (secondary N) is 1. The molecule has 5 nitrogen and oxygen atoms in total. The molecule has 3 aromatic rings. The Bertz CT molecular complexity index is 896. The number of methoxy groups -OCH3 is 1. The van der Waals surface area contributed by atoms with E-state index in [-0.39, 0.29) is 5.91 Å². The number of hydrogen-bond donors (Lipinski definition) is 1. The van der Waals surface area contributed by atoms with Crippen LogP contribution in [0.25, 0.3) is 21.9 Å². The first kappa shape index (κ1) is 14.8. The van der Waals surface area contributed by atoms with E-state index in [0.29, 0.717) is 11.4 Å². The van der Waals surface area contributed by atoms with E-state index in [9.17, 15) is 4.79 Å². The number of hydrogen-bond acceptors (Lipinski definition) is 3. The van der Waals surface area contributed by atoms with Gasteiger partial charge in [-0.25, -0.2) is 0 Å². The van der Waals surface area contributed by atoms with Gasteiger partial charge in [0.15, 0.2) is 0 Å². The third-order valence-electron chi connectivity index (χ3n) is 3.68. The van der Waals surface area contributed by atoms with Gasteiger partial charge in [0, 0.05) is 24.2 Å². The summed E-state index contributed by atoms with van der Waals surface area (Å²) in [6, 6.07) is 9.87. The van der Waals surface area contributed by atoms with Gasteiger partial charge in [0.1, 0.15) is 5.75 Å². The van der Waals surface area contributed by atoms with E-state index in [2.05, 4.69) is 17.0 Å². The summed E-state index contributed by atoms with van der Waals surface area (Å²) in [6.45, 7) is 3.50. The zero-order valence-corrected chi connectivity index (χ0v) is 13.0. The molecule has 3 rings (SSSR count). The van der Waals surface area contributed by atoms with E-state index < -0.39 is 0 Å². The summed E-state index contributed by atoms with van der Waals surface area (Å²) in [5.41, 5.74) is 2.67. The van der Waals surface area contributed by atoms with Crippen molar-refractivity contribution >= 4 is 22.4 Å². The standard InChI is InChI=1S/C18H17N3O2/c1-4-17(22)20-18-15-9-13(14-10-19-21(2)11-14)6-5-12(15)7-8-16(18)23-3/h4-11H,1H2,2-3H3,(H,20,22). The van der Waals surface area contributed by atoms with E-state index in [4.69, 9.17) is 4.74 Å². The summed E-state index contributed by atoms with van der Waals surface area (Å²) < 4.78 is 7.14. The SMILES string of the molecule is C=CC(=O)Nc1c(OC)ccc2ccc(-c3cnn(C)c3)cc12. The Hall–Kier alpha value is -3.08. The lowest BCUT2D eigenvalue weighted by atomic mass is 10.0. The molecule has 0 aliphatic carbocycles. The number of ether oxygens (including phenoxy) is 1. The summed E-state index contributed by atoms with van der Waals surface area (Å²) in [4.78, 5) is 11.8. The fraction of sp³-hybridized carbons (Fsp3) is 0.111. The number of nitrogens with zero attached hydrogens (tertiary/aromatic N) is 2. The number of aromatic nitrogens is 2. The molecule has 1 amide bonds. The highest BCUT2D eigenvalue weighted by Crippen LogP contribution is 2.35.